The Hall–Kier alpha value is -11.1. The van der Waals surface area contributed by atoms with Gasteiger partial charge in [-0.3, -0.25) is 25.1 Å². The highest BCUT2D eigenvalue weighted by Gasteiger charge is 2.27. The summed E-state index contributed by atoms with van der Waals surface area (Å²) in [4.78, 5) is 29.8. The maximum absolute atomic E-state index is 11.4. The van der Waals surface area contributed by atoms with Crippen LogP contribution in [-0.2, 0) is 25.5 Å². The molecule has 13 aromatic rings. The summed E-state index contributed by atoms with van der Waals surface area (Å²) in [6, 6.07) is 6.92. The highest BCUT2D eigenvalue weighted by molar-refractivity contribution is 7.92. The summed E-state index contributed by atoms with van der Waals surface area (Å²) in [5.74, 6) is 3.55. The molecule has 94 heavy (non-hydrogen) atoms. The molecule has 0 radical (unpaired) electrons. The average molecular weight is 1340 g/mol. The lowest BCUT2D eigenvalue weighted by Gasteiger charge is -2.16. The lowest BCUT2D eigenvalue weighted by molar-refractivity contribution is 0.421. The minimum atomic E-state index is -3.35. The lowest BCUT2D eigenvalue weighted by Crippen LogP contribution is -2.26. The fraction of sp³-hybridized carbons (Fsp3) is 0.373. The molecule has 0 aliphatic heterocycles. The van der Waals surface area contributed by atoms with E-state index in [4.69, 9.17) is 8.94 Å². The summed E-state index contributed by atoms with van der Waals surface area (Å²) < 4.78 is 66.4. The molecule has 0 fully saturated rings. The van der Waals surface area contributed by atoms with Gasteiger partial charge < -0.3 is 8.94 Å². The number of hydrogen-bond acceptors (Lipinski definition) is 31. The van der Waals surface area contributed by atoms with Gasteiger partial charge in [-0.05, 0) is 71.7 Å². The number of aromatic amines is 4. The van der Waals surface area contributed by atoms with Gasteiger partial charge in [-0.15, -0.1) is 72.6 Å². The molecule has 12 aromatic heterocycles. The molecule has 0 spiro atoms. The highest BCUT2D eigenvalue weighted by Crippen LogP contribution is 2.37. The van der Waals surface area contributed by atoms with Crippen LogP contribution in [0.1, 0.15) is 111 Å². The van der Waals surface area contributed by atoms with E-state index in [9.17, 15) is 16.8 Å². The Bertz CT molecular complexity index is 5160. The quantitative estimate of drug-likeness (QED) is 0.0490. The molecule has 6 N–H and O–H groups in total. The predicted molar refractivity (Wildman–Crippen MR) is 338 cm³/mol. The first kappa shape index (κ1) is 65.9. The summed E-state index contributed by atoms with van der Waals surface area (Å²) in [5, 5.41) is 83.7. The second-order valence-corrected chi connectivity index (χ2v) is 26.6. The van der Waals surface area contributed by atoms with Crippen LogP contribution in [0.25, 0.3) is 34.0 Å². The highest BCUT2D eigenvalue weighted by atomic mass is 32.2. The molecule has 0 aliphatic carbocycles. The molecule has 40 nitrogen and oxygen atoms in total. The number of azo groups is 4. The zero-order valence-electron chi connectivity index (χ0n) is 53.1. The van der Waals surface area contributed by atoms with Crippen molar-refractivity contribution in [1.82, 2.24) is 124 Å². The number of aryl methyl sites for hydroxylation is 7. The van der Waals surface area contributed by atoms with Crippen LogP contribution in [0.2, 0.25) is 0 Å². The Morgan fingerprint density at radius 1 is 0.617 bits per heavy atom. The lowest BCUT2D eigenvalue weighted by atomic mass is 9.91. The third-order valence-corrected chi connectivity index (χ3v) is 14.8. The van der Waals surface area contributed by atoms with Gasteiger partial charge in [0.1, 0.15) is 18.0 Å². The first-order valence-corrected chi connectivity index (χ1v) is 32.8. The average Bonchev–Trinajstić information content (AvgIpc) is 1.64. The molecule has 13 rings (SSSR count). The number of nitrogens with zero attached hydrogens (tertiary/aromatic N) is 28. The Morgan fingerprint density at radius 2 is 1.22 bits per heavy atom. The fourth-order valence-corrected chi connectivity index (χ4v) is 10.1. The Labute approximate surface area is 536 Å². The van der Waals surface area contributed by atoms with Crippen molar-refractivity contribution in [3.63, 3.8) is 0 Å². The third-order valence-electron chi connectivity index (χ3n) is 12.6. The SMILES string of the molecule is Cc1[nH]n2nc(C(C)CNS(C)(=O)=O)nc2c1N=Nc1cnncn1.Cc1csc(N=Nc2c(C)[nH]n3nc(C)nc23)n1.Cc1nnc(N=Nc2c(C(C)(C)C)[nH]n3nc(-c4ccc(NS(C)(=O)=O)cc4)nc23)o1.Cc1noc(N=Nc2c(C(C)C)[nH]n3nc(C)nc23)n1. The van der Waals surface area contributed by atoms with Crippen LogP contribution in [0.4, 0.5) is 51.4 Å². The summed E-state index contributed by atoms with van der Waals surface area (Å²) in [6.45, 7) is 24.9. The van der Waals surface area contributed by atoms with E-state index in [-0.39, 0.29) is 35.8 Å². The number of rotatable bonds is 16. The molecule has 0 saturated heterocycles. The molecular formula is C51H62N34O6S3. The number of sulfonamides is 2. The van der Waals surface area contributed by atoms with Crippen LogP contribution in [0.15, 0.2) is 92.0 Å². The second-order valence-electron chi connectivity index (χ2n) is 22.2. The predicted octanol–water partition coefficient (Wildman–Crippen LogP) is 9.57. The largest absolute Gasteiger partial charge is 0.406 e. The van der Waals surface area contributed by atoms with E-state index >= 15 is 0 Å². The monoisotopic (exact) mass is 1340 g/mol. The molecule has 0 bridgehead atoms. The minimum absolute atomic E-state index is 0.0467. The van der Waals surface area contributed by atoms with Crippen LogP contribution < -0.4 is 9.44 Å². The summed E-state index contributed by atoms with van der Waals surface area (Å²) in [5.41, 5.74) is 9.79. The topological polar surface area (TPSA) is 505 Å². The third kappa shape index (κ3) is 16.1. The summed E-state index contributed by atoms with van der Waals surface area (Å²) >= 11 is 1.46. The molecule has 490 valence electrons. The molecule has 1 unspecified atom stereocenters. The van der Waals surface area contributed by atoms with E-state index in [1.54, 1.807) is 47.4 Å². The number of fused-ring (bicyclic) bond motifs is 4. The standard InChI is InChI=1S/C18H21N9O3S.C12H16N10O2S.C11H14N8O.C10H11N7S/c1-10-20-22-17(30-10)23-21-13-14(18(2,3)4)24-27-16(13)19-15(25-27)11-6-8-12(9-7-11)26-31(5,28)29;1-7(4-16-25(3,23)24)11-17-12-10(8(2)20-22(12)21-11)19-18-9-5-14-15-6-13-9;1-5(2)8-9(10-12-6(3)16-19(10)17-8)14-15-11-13-7(4)18-20-11;1-5-4-18-10(11-5)14-13-8-6(2)15-17-9(8)12-7(3)16-17/h6-9,24,26H,1-5H3;5-7,16,20H,4H2,1-3H3;5,17H,1-4H3;4,15H,1-3H3. The van der Waals surface area contributed by atoms with E-state index < -0.39 is 20.0 Å². The van der Waals surface area contributed by atoms with Crippen molar-refractivity contribution in [2.45, 2.75) is 107 Å². The Morgan fingerprint density at radius 3 is 1.81 bits per heavy atom. The number of nitrogens with one attached hydrogen (secondary N) is 6. The maximum atomic E-state index is 11.4. The van der Waals surface area contributed by atoms with Gasteiger partial charge in [0.2, 0.25) is 53.7 Å². The first-order chi connectivity index (χ1) is 44.5. The molecule has 43 heteroatoms. The molecule has 0 saturated carbocycles. The normalized spacial score (nSPS) is 12.8. The maximum Gasteiger partial charge on any atom is 0.366 e. The number of hydrogen-bond donors (Lipinski definition) is 6. The van der Waals surface area contributed by atoms with Gasteiger partial charge in [0.25, 0.3) is 0 Å². The molecule has 0 amide bonds. The molecule has 12 heterocycles. The summed E-state index contributed by atoms with van der Waals surface area (Å²) in [7, 11) is -6.62. The van der Waals surface area contributed by atoms with E-state index in [0.717, 1.165) is 41.0 Å². The Kier molecular flexibility index (Phi) is 18.9. The van der Waals surface area contributed by atoms with E-state index in [1.807, 2.05) is 81.5 Å². The summed E-state index contributed by atoms with van der Waals surface area (Å²) in [6.07, 6.45) is 4.86. The second kappa shape index (κ2) is 27.0. The van der Waals surface area contributed by atoms with Crippen molar-refractivity contribution in [2.24, 2.45) is 40.9 Å². The Balaban J connectivity index is 0.000000140. The smallest absolute Gasteiger partial charge is 0.366 e. The van der Waals surface area contributed by atoms with E-state index in [2.05, 4.69) is 152 Å². The minimum Gasteiger partial charge on any atom is -0.406 e. The van der Waals surface area contributed by atoms with E-state index in [1.165, 1.54) is 33.1 Å². The molecule has 0 aliphatic rings. The number of anilines is 1. The number of thiazole rings is 1. The zero-order chi connectivity index (χ0) is 67.4. The van der Waals surface area contributed by atoms with Crippen LogP contribution in [0, 0.1) is 48.5 Å². The van der Waals surface area contributed by atoms with E-state index in [0.29, 0.717) is 103 Å². The van der Waals surface area contributed by atoms with Gasteiger partial charge in [0, 0.05) is 41.4 Å². The van der Waals surface area contributed by atoms with Gasteiger partial charge in [-0.25, -0.2) is 51.5 Å². The van der Waals surface area contributed by atoms with Gasteiger partial charge in [0.15, 0.2) is 46.0 Å². The van der Waals surface area contributed by atoms with Gasteiger partial charge in [-0.2, -0.15) is 28.6 Å². The molecule has 1 atom stereocenters. The van der Waals surface area contributed by atoms with Crippen molar-refractivity contribution < 1.29 is 25.8 Å². The molecule has 1 aromatic carbocycles. The number of benzene rings is 1. The zero-order valence-corrected chi connectivity index (χ0v) is 55.5. The van der Waals surface area contributed by atoms with Crippen molar-refractivity contribution in [3.05, 3.63) is 99.8 Å². The van der Waals surface area contributed by atoms with Crippen molar-refractivity contribution >= 4 is 105 Å². The van der Waals surface area contributed by atoms with Crippen molar-refractivity contribution in [1.29, 1.82) is 0 Å². The van der Waals surface area contributed by atoms with Crippen LogP contribution in [0.5, 0.6) is 0 Å². The number of H-pyrrole nitrogens is 4. The molecular weight excluding hydrogens is 1280 g/mol. The van der Waals surface area contributed by atoms with Crippen LogP contribution >= 0.6 is 11.3 Å². The van der Waals surface area contributed by atoms with Crippen molar-refractivity contribution in [3.8, 4) is 11.4 Å². The van der Waals surface area contributed by atoms with Crippen LogP contribution in [0.3, 0.4) is 0 Å². The first-order valence-electron chi connectivity index (χ1n) is 28.2. The van der Waals surface area contributed by atoms with Gasteiger partial charge >= 0.3 is 12.0 Å². The fourth-order valence-electron chi connectivity index (χ4n) is 8.38. The van der Waals surface area contributed by atoms with Crippen molar-refractivity contribution in [2.75, 3.05) is 23.8 Å². The number of aromatic nitrogens is 24. The van der Waals surface area contributed by atoms with Crippen LogP contribution in [-0.4, -0.2) is 156 Å². The van der Waals surface area contributed by atoms with Gasteiger partial charge in [0.05, 0.1) is 47.2 Å². The van der Waals surface area contributed by atoms with Gasteiger partial charge in [-0.1, -0.05) is 62.0 Å².